The van der Waals surface area contributed by atoms with Crippen LogP contribution in [-0.2, 0) is 10.0 Å². The van der Waals surface area contributed by atoms with Gasteiger partial charge in [0.25, 0.3) is 10.0 Å². The minimum atomic E-state index is -3.60. The predicted octanol–water partition coefficient (Wildman–Crippen LogP) is 2.93. The molecule has 1 rings (SSSR count). The lowest BCUT2D eigenvalue weighted by Crippen LogP contribution is -2.27. The molecule has 0 aliphatic carbocycles. The maximum atomic E-state index is 12.3. The average Bonchev–Trinajstić information content (AvgIpc) is 2.34. The van der Waals surface area contributed by atoms with Gasteiger partial charge in [0.2, 0.25) is 0 Å². The second-order valence-corrected chi connectivity index (χ2v) is 6.44. The van der Waals surface area contributed by atoms with Crippen LogP contribution in [0, 0.1) is 19.4 Å². The van der Waals surface area contributed by atoms with Gasteiger partial charge in [-0.25, -0.2) is 12.7 Å². The van der Waals surface area contributed by atoms with E-state index in [1.807, 2.05) is 13.8 Å². The maximum absolute atomic E-state index is 12.3. The molecule has 0 fully saturated rings. The third kappa shape index (κ3) is 4.15. The minimum Gasteiger partial charge on any atom is -0.225 e. The van der Waals surface area contributed by atoms with E-state index in [9.17, 15) is 8.42 Å². The molecule has 0 heterocycles. The summed E-state index contributed by atoms with van der Waals surface area (Å²) in [5.41, 5.74) is 2.03. The summed E-state index contributed by atoms with van der Waals surface area (Å²) < 4.78 is 25.7. The molecule has 3 nitrogen and oxygen atoms in total. The Kier molecular flexibility index (Phi) is 5.20. The molecular formula is C15H19NO2S. The van der Waals surface area contributed by atoms with Gasteiger partial charge in [0, 0.05) is 12.6 Å². The number of rotatable bonds is 6. The van der Waals surface area contributed by atoms with Crippen molar-refractivity contribution in [2.45, 2.75) is 31.6 Å². The van der Waals surface area contributed by atoms with E-state index in [0.29, 0.717) is 13.0 Å². The Balaban J connectivity index is 2.87. The monoisotopic (exact) mass is 277 g/mol. The molecule has 0 spiro atoms. The SMILES string of the molecule is C#CN(CCCC(=C)C)S(=O)(=O)c1ccc(C)cc1. The normalized spacial score (nSPS) is 10.8. The molecule has 0 N–H and O–H groups in total. The molecule has 0 bridgehead atoms. The van der Waals surface area contributed by atoms with Crippen LogP contribution in [0.2, 0.25) is 0 Å². The zero-order valence-electron chi connectivity index (χ0n) is 11.4. The fraction of sp³-hybridized carbons (Fsp3) is 0.333. The van der Waals surface area contributed by atoms with E-state index in [2.05, 4.69) is 12.6 Å². The summed E-state index contributed by atoms with van der Waals surface area (Å²) in [6.45, 7) is 7.91. The van der Waals surface area contributed by atoms with Gasteiger partial charge in [0.15, 0.2) is 0 Å². The van der Waals surface area contributed by atoms with Crippen molar-refractivity contribution in [1.29, 1.82) is 0 Å². The first kappa shape index (κ1) is 15.3. The van der Waals surface area contributed by atoms with Gasteiger partial charge in [-0.2, -0.15) is 0 Å². The lowest BCUT2D eigenvalue weighted by molar-refractivity contribution is 0.502. The Morgan fingerprint density at radius 3 is 2.42 bits per heavy atom. The highest BCUT2D eigenvalue weighted by molar-refractivity contribution is 7.89. The Hall–Kier alpha value is -1.73. The first-order valence-corrected chi connectivity index (χ1v) is 7.52. The van der Waals surface area contributed by atoms with E-state index in [1.54, 1.807) is 24.3 Å². The largest absolute Gasteiger partial charge is 0.270 e. The molecule has 102 valence electrons. The quantitative estimate of drug-likeness (QED) is 0.455. The topological polar surface area (TPSA) is 37.4 Å². The lowest BCUT2D eigenvalue weighted by Gasteiger charge is -2.17. The molecular weight excluding hydrogens is 258 g/mol. The van der Waals surface area contributed by atoms with Crippen LogP contribution in [0.15, 0.2) is 41.3 Å². The molecule has 0 aliphatic heterocycles. The van der Waals surface area contributed by atoms with Crippen LogP contribution in [0.25, 0.3) is 0 Å². The zero-order chi connectivity index (χ0) is 14.5. The first-order valence-electron chi connectivity index (χ1n) is 6.08. The Labute approximate surface area is 116 Å². The van der Waals surface area contributed by atoms with Crippen molar-refractivity contribution < 1.29 is 8.42 Å². The Morgan fingerprint density at radius 1 is 1.37 bits per heavy atom. The molecule has 0 saturated heterocycles. The number of nitrogens with zero attached hydrogens (tertiary/aromatic N) is 1. The number of hydrogen-bond acceptors (Lipinski definition) is 2. The first-order chi connectivity index (χ1) is 8.87. The molecule has 4 heteroatoms. The van der Waals surface area contributed by atoms with Crippen LogP contribution in [0.3, 0.4) is 0 Å². The van der Waals surface area contributed by atoms with Gasteiger partial charge in [0.05, 0.1) is 4.90 Å². The number of allylic oxidation sites excluding steroid dienone is 1. The van der Waals surface area contributed by atoms with Crippen LogP contribution in [0.5, 0.6) is 0 Å². The summed E-state index contributed by atoms with van der Waals surface area (Å²) >= 11 is 0. The number of sulfonamides is 1. The van der Waals surface area contributed by atoms with E-state index in [0.717, 1.165) is 21.9 Å². The van der Waals surface area contributed by atoms with E-state index in [4.69, 9.17) is 6.42 Å². The second-order valence-electron chi connectivity index (χ2n) is 4.58. The number of terminal acetylenes is 1. The summed E-state index contributed by atoms with van der Waals surface area (Å²) in [7, 11) is -3.60. The van der Waals surface area contributed by atoms with Crippen LogP contribution < -0.4 is 0 Å². The highest BCUT2D eigenvalue weighted by Crippen LogP contribution is 2.16. The van der Waals surface area contributed by atoms with E-state index in [-0.39, 0.29) is 4.90 Å². The average molecular weight is 277 g/mol. The number of aryl methyl sites for hydroxylation is 1. The van der Waals surface area contributed by atoms with Crippen LogP contribution in [-0.4, -0.2) is 19.3 Å². The standard InChI is InChI=1S/C15H19NO2S/c1-5-16(12-6-7-13(2)3)19(17,18)15-10-8-14(4)9-11-15/h1,8-11H,2,6-7,12H2,3-4H3. The lowest BCUT2D eigenvalue weighted by atomic mass is 10.2. The molecule has 19 heavy (non-hydrogen) atoms. The summed E-state index contributed by atoms with van der Waals surface area (Å²) in [6.07, 6.45) is 6.75. The Bertz CT molecular complexity index is 580. The zero-order valence-corrected chi connectivity index (χ0v) is 12.2. The van der Waals surface area contributed by atoms with Crippen molar-refractivity contribution in [3.8, 4) is 12.5 Å². The van der Waals surface area contributed by atoms with Gasteiger partial charge < -0.3 is 0 Å². The second kappa shape index (κ2) is 6.44. The molecule has 1 aromatic carbocycles. The van der Waals surface area contributed by atoms with Gasteiger partial charge >= 0.3 is 0 Å². The van der Waals surface area contributed by atoms with E-state index >= 15 is 0 Å². The maximum Gasteiger partial charge on any atom is 0.270 e. The summed E-state index contributed by atoms with van der Waals surface area (Å²) in [5.74, 6) is 0. The summed E-state index contributed by atoms with van der Waals surface area (Å²) in [4.78, 5) is 0.228. The van der Waals surface area contributed by atoms with Crippen LogP contribution >= 0.6 is 0 Å². The van der Waals surface area contributed by atoms with Gasteiger partial charge in [-0.15, -0.1) is 6.58 Å². The summed E-state index contributed by atoms with van der Waals surface area (Å²) in [5, 5.41) is 0. The van der Waals surface area contributed by atoms with Crippen molar-refractivity contribution in [1.82, 2.24) is 4.31 Å². The van der Waals surface area contributed by atoms with E-state index < -0.39 is 10.0 Å². The van der Waals surface area contributed by atoms with Gasteiger partial charge in [-0.3, -0.25) is 0 Å². The van der Waals surface area contributed by atoms with Crippen molar-refractivity contribution in [3.63, 3.8) is 0 Å². The molecule has 0 amide bonds. The van der Waals surface area contributed by atoms with Gasteiger partial charge in [0.1, 0.15) is 0 Å². The fourth-order valence-electron chi connectivity index (χ4n) is 1.62. The molecule has 1 aromatic rings. The van der Waals surface area contributed by atoms with Crippen molar-refractivity contribution in [2.24, 2.45) is 0 Å². The fourth-order valence-corrected chi connectivity index (χ4v) is 2.86. The van der Waals surface area contributed by atoms with Crippen LogP contribution in [0.4, 0.5) is 0 Å². The van der Waals surface area contributed by atoms with Crippen molar-refractivity contribution >= 4 is 10.0 Å². The smallest absolute Gasteiger partial charge is 0.225 e. The minimum absolute atomic E-state index is 0.228. The molecule has 0 saturated carbocycles. The molecule has 0 unspecified atom stereocenters. The summed E-state index contributed by atoms with van der Waals surface area (Å²) in [6, 6.07) is 8.92. The molecule has 0 aliphatic rings. The van der Waals surface area contributed by atoms with Crippen molar-refractivity contribution in [2.75, 3.05) is 6.54 Å². The predicted molar refractivity (Wildman–Crippen MR) is 78.0 cm³/mol. The van der Waals surface area contributed by atoms with Gasteiger partial charge in [-0.1, -0.05) is 29.7 Å². The number of benzene rings is 1. The van der Waals surface area contributed by atoms with Crippen molar-refractivity contribution in [3.05, 3.63) is 42.0 Å². The molecule has 0 radical (unpaired) electrons. The Morgan fingerprint density at radius 2 is 1.95 bits per heavy atom. The third-order valence-corrected chi connectivity index (χ3v) is 4.45. The van der Waals surface area contributed by atoms with Crippen LogP contribution in [0.1, 0.15) is 25.3 Å². The van der Waals surface area contributed by atoms with Gasteiger partial charge in [-0.05, 0) is 38.8 Å². The highest BCUT2D eigenvalue weighted by Gasteiger charge is 2.21. The highest BCUT2D eigenvalue weighted by atomic mass is 32.2. The molecule has 0 aromatic heterocycles. The number of hydrogen-bond donors (Lipinski definition) is 0. The molecule has 0 atom stereocenters. The third-order valence-electron chi connectivity index (χ3n) is 2.72. The van der Waals surface area contributed by atoms with E-state index in [1.165, 1.54) is 0 Å².